The Hall–Kier alpha value is -1.69. The van der Waals surface area contributed by atoms with Gasteiger partial charge in [0.1, 0.15) is 0 Å². The molecule has 0 amide bonds. The lowest BCUT2D eigenvalue weighted by molar-refractivity contribution is 0.0986. The molecule has 6 heteroatoms. The average Bonchev–Trinajstić information content (AvgIpc) is 2.83. The second-order valence-corrected chi connectivity index (χ2v) is 5.33. The second-order valence-electron chi connectivity index (χ2n) is 4.54. The highest BCUT2D eigenvalue weighted by Gasteiger charge is 2.20. The predicted octanol–water partition coefficient (Wildman–Crippen LogP) is 3.06. The van der Waals surface area contributed by atoms with Crippen molar-refractivity contribution < 1.29 is 9.53 Å². The number of carbonyl (C=O) groups is 1. The summed E-state index contributed by atoms with van der Waals surface area (Å²) >= 11 is 3.56. The molecule has 0 unspecified atom stereocenters. The number of methoxy groups -OCH3 is 1. The molecule has 2 heterocycles. The van der Waals surface area contributed by atoms with Crippen LogP contribution in [0.4, 0.5) is 0 Å². The van der Waals surface area contributed by atoms with Gasteiger partial charge in [0.2, 0.25) is 5.88 Å². The molecule has 5 nitrogen and oxygen atoms in total. The van der Waals surface area contributed by atoms with Gasteiger partial charge in [0.15, 0.2) is 5.78 Å². The monoisotopic (exact) mass is 351 g/mol. The summed E-state index contributed by atoms with van der Waals surface area (Å²) in [5.41, 5.74) is 2.36. The topological polar surface area (TPSA) is 57.0 Å². The number of ether oxygens (including phenoxy) is 1. The predicted molar refractivity (Wildman–Crippen MR) is 83.8 cm³/mol. The van der Waals surface area contributed by atoms with Gasteiger partial charge in [0.25, 0.3) is 0 Å². The molecule has 112 valence electrons. The molecule has 0 aliphatic heterocycles. The first-order valence-corrected chi connectivity index (χ1v) is 7.67. The Labute approximate surface area is 132 Å². The van der Waals surface area contributed by atoms with Crippen LogP contribution in [0.5, 0.6) is 5.88 Å². The number of Topliss-reactive ketones (excluding diaryl/α,β-unsaturated/α-hetero) is 1. The molecular weight excluding hydrogens is 334 g/mol. The van der Waals surface area contributed by atoms with E-state index < -0.39 is 0 Å². The highest BCUT2D eigenvalue weighted by atomic mass is 79.9. The van der Waals surface area contributed by atoms with Crippen LogP contribution in [-0.2, 0) is 19.4 Å². The van der Waals surface area contributed by atoms with Gasteiger partial charge in [-0.1, -0.05) is 6.92 Å². The lowest BCUT2D eigenvalue weighted by Crippen LogP contribution is -2.11. The van der Waals surface area contributed by atoms with Crippen LogP contribution < -0.4 is 4.74 Å². The largest absolute Gasteiger partial charge is 0.480 e. The van der Waals surface area contributed by atoms with Crippen molar-refractivity contribution >= 4 is 21.7 Å². The summed E-state index contributed by atoms with van der Waals surface area (Å²) in [4.78, 5) is 16.6. The molecule has 0 bridgehead atoms. The van der Waals surface area contributed by atoms with E-state index in [9.17, 15) is 4.79 Å². The molecule has 0 spiro atoms. The fraction of sp³-hybridized carbons (Fsp3) is 0.400. The van der Waals surface area contributed by atoms with Crippen LogP contribution >= 0.6 is 15.9 Å². The van der Waals surface area contributed by atoms with Crippen LogP contribution in [-0.4, -0.2) is 27.7 Å². The van der Waals surface area contributed by atoms with Gasteiger partial charge in [0.05, 0.1) is 35.0 Å². The van der Waals surface area contributed by atoms with Gasteiger partial charge in [-0.15, -0.1) is 0 Å². The first-order valence-electron chi connectivity index (χ1n) is 6.88. The Bertz CT molecular complexity index is 652. The van der Waals surface area contributed by atoms with E-state index in [2.05, 4.69) is 26.0 Å². The molecule has 0 aliphatic rings. The quantitative estimate of drug-likeness (QED) is 0.750. The lowest BCUT2D eigenvalue weighted by atomic mass is 10.1. The highest BCUT2D eigenvalue weighted by molar-refractivity contribution is 9.10. The Kier molecular flexibility index (Phi) is 5.12. The van der Waals surface area contributed by atoms with Gasteiger partial charge in [-0.2, -0.15) is 5.10 Å². The summed E-state index contributed by atoms with van der Waals surface area (Å²) in [5, 5.41) is 4.51. The van der Waals surface area contributed by atoms with Gasteiger partial charge in [0, 0.05) is 12.7 Å². The Morgan fingerprint density at radius 2 is 2.19 bits per heavy atom. The first kappa shape index (κ1) is 15.7. The third-order valence-electron chi connectivity index (χ3n) is 3.29. The van der Waals surface area contributed by atoms with Crippen LogP contribution in [0.25, 0.3) is 0 Å². The van der Waals surface area contributed by atoms with Crippen molar-refractivity contribution in [3.63, 3.8) is 0 Å². The maximum Gasteiger partial charge on any atom is 0.224 e. The smallest absolute Gasteiger partial charge is 0.224 e. The molecule has 2 aromatic rings. The van der Waals surface area contributed by atoms with Crippen molar-refractivity contribution in [1.82, 2.24) is 14.8 Å². The van der Waals surface area contributed by atoms with Crippen molar-refractivity contribution in [3.05, 3.63) is 39.8 Å². The Balaban J connectivity index is 2.33. The number of halogens is 1. The van der Waals surface area contributed by atoms with E-state index in [1.807, 2.05) is 18.5 Å². The van der Waals surface area contributed by atoms with E-state index in [0.717, 1.165) is 28.8 Å². The van der Waals surface area contributed by atoms with Crippen molar-refractivity contribution in [2.45, 2.75) is 33.2 Å². The van der Waals surface area contributed by atoms with Crippen LogP contribution in [0.1, 0.15) is 35.6 Å². The molecule has 0 aromatic carbocycles. The number of pyridine rings is 1. The average molecular weight is 352 g/mol. The number of hydrogen-bond donors (Lipinski definition) is 0. The van der Waals surface area contributed by atoms with Gasteiger partial charge in [-0.25, -0.2) is 4.98 Å². The number of rotatable bonds is 6. The van der Waals surface area contributed by atoms with Crippen molar-refractivity contribution in [3.8, 4) is 5.88 Å². The van der Waals surface area contributed by atoms with E-state index in [0.29, 0.717) is 11.4 Å². The standard InChI is InChI=1S/C15H18BrN3O2/c1-4-11-14(16)12(19(5-2)18-11)9-13(20)10-7-6-8-17-15(10)21-3/h6-8H,4-5,9H2,1-3H3. The van der Waals surface area contributed by atoms with Gasteiger partial charge >= 0.3 is 0 Å². The molecule has 0 fully saturated rings. The number of carbonyl (C=O) groups excluding carboxylic acids is 1. The van der Waals surface area contributed by atoms with Crippen LogP contribution in [0.2, 0.25) is 0 Å². The third-order valence-corrected chi connectivity index (χ3v) is 4.20. The fourth-order valence-electron chi connectivity index (χ4n) is 2.20. The molecule has 0 aliphatic carbocycles. The lowest BCUT2D eigenvalue weighted by Gasteiger charge is -2.07. The number of hydrogen-bond acceptors (Lipinski definition) is 4. The summed E-state index contributed by atoms with van der Waals surface area (Å²) in [6.07, 6.45) is 2.70. The molecular formula is C15H18BrN3O2. The van der Waals surface area contributed by atoms with Crippen molar-refractivity contribution in [1.29, 1.82) is 0 Å². The van der Waals surface area contributed by atoms with Gasteiger partial charge in [-0.3, -0.25) is 9.48 Å². The maximum absolute atomic E-state index is 12.5. The summed E-state index contributed by atoms with van der Waals surface area (Å²) in [6.45, 7) is 4.78. The van der Waals surface area contributed by atoms with Crippen LogP contribution in [0.15, 0.2) is 22.8 Å². The van der Waals surface area contributed by atoms with E-state index in [4.69, 9.17) is 4.74 Å². The van der Waals surface area contributed by atoms with E-state index >= 15 is 0 Å². The van der Waals surface area contributed by atoms with Gasteiger partial charge < -0.3 is 4.74 Å². The molecule has 0 N–H and O–H groups in total. The summed E-state index contributed by atoms with van der Waals surface area (Å²) < 4.78 is 7.94. The number of ketones is 1. The third kappa shape index (κ3) is 3.15. The minimum Gasteiger partial charge on any atom is -0.480 e. The molecule has 0 radical (unpaired) electrons. The molecule has 0 saturated carbocycles. The van der Waals surface area contributed by atoms with Gasteiger partial charge in [-0.05, 0) is 41.4 Å². The zero-order valence-corrected chi connectivity index (χ0v) is 14.0. The molecule has 0 atom stereocenters. The molecule has 21 heavy (non-hydrogen) atoms. The SMILES string of the molecule is CCc1nn(CC)c(CC(=O)c2cccnc2OC)c1Br. The van der Waals surface area contributed by atoms with Crippen molar-refractivity contribution in [2.24, 2.45) is 0 Å². The summed E-state index contributed by atoms with van der Waals surface area (Å²) in [7, 11) is 1.51. The minimum absolute atomic E-state index is 0.0297. The minimum atomic E-state index is -0.0297. The second kappa shape index (κ2) is 6.85. The number of aryl methyl sites for hydroxylation is 2. The zero-order valence-electron chi connectivity index (χ0n) is 12.4. The maximum atomic E-state index is 12.5. The Morgan fingerprint density at radius 1 is 1.43 bits per heavy atom. The van der Waals surface area contributed by atoms with E-state index in [1.165, 1.54) is 7.11 Å². The van der Waals surface area contributed by atoms with E-state index in [1.54, 1.807) is 18.3 Å². The summed E-state index contributed by atoms with van der Waals surface area (Å²) in [6, 6.07) is 3.47. The molecule has 2 rings (SSSR count). The fourth-order valence-corrected chi connectivity index (χ4v) is 2.90. The van der Waals surface area contributed by atoms with Crippen LogP contribution in [0, 0.1) is 0 Å². The van der Waals surface area contributed by atoms with Crippen molar-refractivity contribution in [2.75, 3.05) is 7.11 Å². The normalized spacial score (nSPS) is 10.7. The van der Waals surface area contributed by atoms with E-state index in [-0.39, 0.29) is 12.2 Å². The number of aromatic nitrogens is 3. The molecule has 0 saturated heterocycles. The molecule has 2 aromatic heterocycles. The highest BCUT2D eigenvalue weighted by Crippen LogP contribution is 2.25. The Morgan fingerprint density at radius 3 is 2.81 bits per heavy atom. The zero-order chi connectivity index (χ0) is 15.4. The summed E-state index contributed by atoms with van der Waals surface area (Å²) in [5.74, 6) is 0.329. The first-order chi connectivity index (χ1) is 10.1. The van der Waals surface area contributed by atoms with Crippen LogP contribution in [0.3, 0.4) is 0 Å². The number of nitrogens with zero attached hydrogens (tertiary/aromatic N) is 3.